The number of hydrogen-bond acceptors (Lipinski definition) is 3. The molecule has 13 heavy (non-hydrogen) atoms. The molecule has 2 unspecified atom stereocenters. The van der Waals surface area contributed by atoms with Gasteiger partial charge in [-0.3, -0.25) is 0 Å². The lowest BCUT2D eigenvalue weighted by atomic mass is 10.1. The van der Waals surface area contributed by atoms with Gasteiger partial charge in [-0.15, -0.1) is 0 Å². The van der Waals surface area contributed by atoms with Crippen molar-refractivity contribution in [1.82, 2.24) is 10.2 Å². The highest BCUT2D eigenvalue weighted by atomic mass is 16.6. The number of piperazine rings is 1. The minimum absolute atomic E-state index is 0.191. The van der Waals surface area contributed by atoms with Gasteiger partial charge in [-0.05, 0) is 20.8 Å². The Morgan fingerprint density at radius 3 is 2.92 bits per heavy atom. The second-order valence-corrected chi connectivity index (χ2v) is 3.38. The van der Waals surface area contributed by atoms with Crippen LogP contribution in [0.4, 0.5) is 4.79 Å². The first-order valence-electron chi connectivity index (χ1n) is 4.83. The Morgan fingerprint density at radius 1 is 1.62 bits per heavy atom. The molecule has 1 amide bonds. The van der Waals surface area contributed by atoms with E-state index >= 15 is 0 Å². The lowest BCUT2D eigenvalue weighted by Gasteiger charge is -2.37. The Bertz CT molecular complexity index is 184. The van der Waals surface area contributed by atoms with Gasteiger partial charge in [-0.2, -0.15) is 0 Å². The molecule has 4 nitrogen and oxygen atoms in total. The second-order valence-electron chi connectivity index (χ2n) is 3.38. The van der Waals surface area contributed by atoms with E-state index in [0.717, 1.165) is 13.1 Å². The fourth-order valence-corrected chi connectivity index (χ4v) is 1.52. The monoisotopic (exact) mass is 186 g/mol. The molecule has 0 spiro atoms. The van der Waals surface area contributed by atoms with Crippen LogP contribution in [0.25, 0.3) is 0 Å². The van der Waals surface area contributed by atoms with Gasteiger partial charge in [0.25, 0.3) is 0 Å². The molecule has 1 heterocycles. The Morgan fingerprint density at radius 2 is 2.31 bits per heavy atom. The zero-order valence-corrected chi connectivity index (χ0v) is 8.54. The third-order valence-electron chi connectivity index (χ3n) is 2.54. The summed E-state index contributed by atoms with van der Waals surface area (Å²) in [7, 11) is 0. The molecule has 0 aromatic rings. The topological polar surface area (TPSA) is 41.6 Å². The van der Waals surface area contributed by atoms with E-state index in [1.807, 2.05) is 13.8 Å². The number of nitrogens with one attached hydrogen (secondary N) is 1. The Kier molecular flexibility index (Phi) is 3.54. The minimum Gasteiger partial charge on any atom is -0.450 e. The zero-order valence-electron chi connectivity index (χ0n) is 8.54. The van der Waals surface area contributed by atoms with Gasteiger partial charge in [0.15, 0.2) is 0 Å². The summed E-state index contributed by atoms with van der Waals surface area (Å²) in [6.45, 7) is 7.98. The maximum atomic E-state index is 11.4. The third kappa shape index (κ3) is 2.34. The molecule has 0 saturated carbocycles. The smallest absolute Gasteiger partial charge is 0.410 e. The van der Waals surface area contributed by atoms with E-state index in [0.29, 0.717) is 12.6 Å². The van der Waals surface area contributed by atoms with Gasteiger partial charge in [0.05, 0.1) is 6.61 Å². The molecule has 1 N–H and O–H groups in total. The average Bonchev–Trinajstić information content (AvgIpc) is 2.10. The number of hydrogen-bond donors (Lipinski definition) is 1. The predicted octanol–water partition coefficient (Wildman–Crippen LogP) is 0.825. The fourth-order valence-electron chi connectivity index (χ4n) is 1.52. The Labute approximate surface area is 79.2 Å². The van der Waals surface area contributed by atoms with Crippen LogP contribution in [0, 0.1) is 0 Å². The number of carbonyl (C=O) groups excluding carboxylic acids is 1. The lowest BCUT2D eigenvalue weighted by Crippen LogP contribution is -2.57. The zero-order chi connectivity index (χ0) is 9.84. The normalized spacial score (nSPS) is 28.7. The van der Waals surface area contributed by atoms with Crippen molar-refractivity contribution >= 4 is 6.09 Å². The molecular formula is C9H18N2O2. The maximum Gasteiger partial charge on any atom is 0.410 e. The molecular weight excluding hydrogens is 168 g/mol. The molecule has 76 valence electrons. The molecule has 2 atom stereocenters. The van der Waals surface area contributed by atoms with Crippen LogP contribution < -0.4 is 5.32 Å². The highest BCUT2D eigenvalue weighted by Crippen LogP contribution is 2.09. The number of amides is 1. The van der Waals surface area contributed by atoms with Gasteiger partial charge in [0.1, 0.15) is 0 Å². The highest BCUT2D eigenvalue weighted by Gasteiger charge is 2.28. The van der Waals surface area contributed by atoms with Crippen LogP contribution in [0.5, 0.6) is 0 Å². The molecule has 0 bridgehead atoms. The highest BCUT2D eigenvalue weighted by molar-refractivity contribution is 5.68. The van der Waals surface area contributed by atoms with Crippen LogP contribution in [0.1, 0.15) is 20.8 Å². The Balaban J connectivity index is 2.52. The second kappa shape index (κ2) is 4.46. The molecule has 1 fully saturated rings. The molecule has 1 rings (SSSR count). The number of rotatable bonds is 1. The lowest BCUT2D eigenvalue weighted by molar-refractivity contribution is 0.0746. The maximum absolute atomic E-state index is 11.4. The van der Waals surface area contributed by atoms with Crippen LogP contribution in [-0.4, -0.2) is 42.8 Å². The van der Waals surface area contributed by atoms with Crippen molar-refractivity contribution in [2.24, 2.45) is 0 Å². The van der Waals surface area contributed by atoms with Gasteiger partial charge in [-0.1, -0.05) is 0 Å². The number of carbonyl (C=O) groups is 1. The van der Waals surface area contributed by atoms with Gasteiger partial charge in [-0.25, -0.2) is 4.79 Å². The first-order valence-corrected chi connectivity index (χ1v) is 4.83. The van der Waals surface area contributed by atoms with Crippen LogP contribution in [0.3, 0.4) is 0 Å². The van der Waals surface area contributed by atoms with E-state index in [1.54, 1.807) is 4.90 Å². The minimum atomic E-state index is -0.191. The molecule has 4 heteroatoms. The molecule has 0 aromatic heterocycles. The van der Waals surface area contributed by atoms with Gasteiger partial charge in [0.2, 0.25) is 0 Å². The molecule has 0 aliphatic carbocycles. The number of nitrogens with zero attached hydrogens (tertiary/aromatic N) is 1. The van der Waals surface area contributed by atoms with Crippen molar-refractivity contribution in [3.05, 3.63) is 0 Å². The van der Waals surface area contributed by atoms with Crippen molar-refractivity contribution in [1.29, 1.82) is 0 Å². The Hall–Kier alpha value is -0.770. The average molecular weight is 186 g/mol. The third-order valence-corrected chi connectivity index (χ3v) is 2.54. The van der Waals surface area contributed by atoms with E-state index in [-0.39, 0.29) is 12.1 Å². The van der Waals surface area contributed by atoms with E-state index in [2.05, 4.69) is 12.2 Å². The first-order chi connectivity index (χ1) is 6.16. The summed E-state index contributed by atoms with van der Waals surface area (Å²) in [4.78, 5) is 13.2. The summed E-state index contributed by atoms with van der Waals surface area (Å²) in [5.74, 6) is 0. The van der Waals surface area contributed by atoms with Crippen molar-refractivity contribution in [3.63, 3.8) is 0 Å². The predicted molar refractivity (Wildman–Crippen MR) is 50.7 cm³/mol. The number of ether oxygens (including phenoxy) is 1. The summed E-state index contributed by atoms with van der Waals surface area (Å²) in [5.41, 5.74) is 0. The van der Waals surface area contributed by atoms with Crippen LogP contribution in [-0.2, 0) is 4.74 Å². The summed E-state index contributed by atoms with van der Waals surface area (Å²) < 4.78 is 4.96. The van der Waals surface area contributed by atoms with E-state index in [9.17, 15) is 4.79 Å². The van der Waals surface area contributed by atoms with Crippen LogP contribution >= 0.6 is 0 Å². The van der Waals surface area contributed by atoms with Crippen molar-refractivity contribution in [3.8, 4) is 0 Å². The van der Waals surface area contributed by atoms with E-state index in [1.165, 1.54) is 0 Å². The summed E-state index contributed by atoms with van der Waals surface area (Å²) in [6.07, 6.45) is -0.191. The summed E-state index contributed by atoms with van der Waals surface area (Å²) in [6, 6.07) is 0.561. The summed E-state index contributed by atoms with van der Waals surface area (Å²) >= 11 is 0. The fraction of sp³-hybridized carbons (Fsp3) is 0.889. The quantitative estimate of drug-likeness (QED) is 0.659. The molecule has 1 aliphatic heterocycles. The van der Waals surface area contributed by atoms with Crippen molar-refractivity contribution in [2.45, 2.75) is 32.9 Å². The molecule has 1 saturated heterocycles. The standard InChI is InChI=1S/C9H18N2O2/c1-4-13-9(12)11-6-5-10-7(2)8(11)3/h7-8,10H,4-6H2,1-3H3. The van der Waals surface area contributed by atoms with E-state index < -0.39 is 0 Å². The summed E-state index contributed by atoms with van der Waals surface area (Å²) in [5, 5.41) is 3.31. The van der Waals surface area contributed by atoms with Gasteiger partial charge < -0.3 is 15.0 Å². The van der Waals surface area contributed by atoms with Crippen LogP contribution in [0.15, 0.2) is 0 Å². The van der Waals surface area contributed by atoms with E-state index in [4.69, 9.17) is 4.74 Å². The van der Waals surface area contributed by atoms with Crippen molar-refractivity contribution in [2.75, 3.05) is 19.7 Å². The van der Waals surface area contributed by atoms with Crippen LogP contribution in [0.2, 0.25) is 0 Å². The molecule has 0 aromatic carbocycles. The largest absolute Gasteiger partial charge is 0.450 e. The SMILES string of the molecule is CCOC(=O)N1CCNC(C)C1C. The first kappa shape index (κ1) is 10.3. The van der Waals surface area contributed by atoms with Gasteiger partial charge >= 0.3 is 6.09 Å². The molecule has 1 aliphatic rings. The van der Waals surface area contributed by atoms with Gasteiger partial charge in [0, 0.05) is 25.2 Å². The molecule has 0 radical (unpaired) electrons. The van der Waals surface area contributed by atoms with Crippen molar-refractivity contribution < 1.29 is 9.53 Å².